The van der Waals surface area contributed by atoms with Crippen LogP contribution in [0.5, 0.6) is 5.75 Å². The van der Waals surface area contributed by atoms with Crippen LogP contribution in [0.2, 0.25) is 0 Å². The molecular formula is C29H30F2O3. The van der Waals surface area contributed by atoms with Crippen LogP contribution in [0.3, 0.4) is 0 Å². The second-order valence-corrected chi connectivity index (χ2v) is 9.75. The summed E-state index contributed by atoms with van der Waals surface area (Å²) in [7, 11) is 0. The van der Waals surface area contributed by atoms with E-state index in [9.17, 15) is 13.6 Å². The Kier molecular flexibility index (Phi) is 7.01. The standard InChI is InChI=1S/C29H30F2O3/c1-29(2)16-6-9-24(29)23-17-19(12-14-21(23)22-8-3-4-10-25(22)30)18-34-26-11-5-7-20(28(26)31)13-15-27(32)33/h3-5,7-8,10-12,14,17,24H,6,9,13,15-16,18H2,1-2H3,(H,32,33)/t24-/m0/s1. The first-order valence-electron chi connectivity index (χ1n) is 11.8. The number of hydrogen-bond acceptors (Lipinski definition) is 2. The third-order valence-corrected chi connectivity index (χ3v) is 6.96. The number of hydrogen-bond donors (Lipinski definition) is 1. The summed E-state index contributed by atoms with van der Waals surface area (Å²) in [6.45, 7) is 4.69. The SMILES string of the molecule is CC1(C)CCC[C@H]1c1cc(COc2cccc(CCC(=O)O)c2F)ccc1-c1ccccc1F. The van der Waals surface area contributed by atoms with E-state index in [0.717, 1.165) is 36.0 Å². The number of ether oxygens (including phenoxy) is 1. The molecule has 0 radical (unpaired) electrons. The van der Waals surface area contributed by atoms with Crippen LogP contribution in [-0.4, -0.2) is 11.1 Å². The highest BCUT2D eigenvalue weighted by molar-refractivity contribution is 5.69. The maximum Gasteiger partial charge on any atom is 0.303 e. The van der Waals surface area contributed by atoms with Crippen LogP contribution in [-0.2, 0) is 17.8 Å². The lowest BCUT2D eigenvalue weighted by Crippen LogP contribution is -2.17. The number of rotatable bonds is 8. The minimum atomic E-state index is -0.969. The van der Waals surface area contributed by atoms with Gasteiger partial charge in [-0.25, -0.2) is 8.78 Å². The topological polar surface area (TPSA) is 46.5 Å². The van der Waals surface area contributed by atoms with E-state index in [-0.39, 0.29) is 42.3 Å². The Morgan fingerprint density at radius 3 is 2.56 bits per heavy atom. The third-order valence-electron chi connectivity index (χ3n) is 6.96. The molecule has 3 nitrogen and oxygen atoms in total. The fraction of sp³-hybridized carbons (Fsp3) is 0.345. The molecule has 4 rings (SSSR count). The second kappa shape index (κ2) is 9.96. The van der Waals surface area contributed by atoms with Crippen molar-refractivity contribution in [2.45, 2.75) is 58.5 Å². The van der Waals surface area contributed by atoms with Gasteiger partial charge in [-0.05, 0) is 65.0 Å². The lowest BCUT2D eigenvalue weighted by molar-refractivity contribution is -0.136. The molecule has 3 aromatic carbocycles. The number of aliphatic carboxylic acids is 1. The minimum Gasteiger partial charge on any atom is -0.486 e. The lowest BCUT2D eigenvalue weighted by atomic mass is 9.75. The van der Waals surface area contributed by atoms with Crippen LogP contribution in [0.4, 0.5) is 8.78 Å². The van der Waals surface area contributed by atoms with Crippen molar-refractivity contribution in [3.63, 3.8) is 0 Å². The smallest absolute Gasteiger partial charge is 0.303 e. The molecule has 0 saturated heterocycles. The van der Waals surface area contributed by atoms with E-state index in [1.807, 2.05) is 24.3 Å². The summed E-state index contributed by atoms with van der Waals surface area (Å²) in [4.78, 5) is 10.8. The Labute approximate surface area is 199 Å². The van der Waals surface area contributed by atoms with Crippen molar-refractivity contribution in [3.8, 4) is 16.9 Å². The van der Waals surface area contributed by atoms with Gasteiger partial charge in [0.25, 0.3) is 0 Å². The Morgan fingerprint density at radius 2 is 1.85 bits per heavy atom. The molecule has 0 heterocycles. The number of aryl methyl sites for hydroxylation is 1. The van der Waals surface area contributed by atoms with Crippen molar-refractivity contribution < 1.29 is 23.4 Å². The largest absolute Gasteiger partial charge is 0.486 e. The average molecular weight is 465 g/mol. The Bertz CT molecular complexity index is 1190. The van der Waals surface area contributed by atoms with Gasteiger partial charge in [-0.2, -0.15) is 0 Å². The van der Waals surface area contributed by atoms with Gasteiger partial charge in [-0.1, -0.05) is 68.8 Å². The highest BCUT2D eigenvalue weighted by atomic mass is 19.1. The molecule has 0 unspecified atom stereocenters. The van der Waals surface area contributed by atoms with E-state index in [4.69, 9.17) is 9.84 Å². The van der Waals surface area contributed by atoms with Gasteiger partial charge in [-0.15, -0.1) is 0 Å². The summed E-state index contributed by atoms with van der Waals surface area (Å²) >= 11 is 0. The van der Waals surface area contributed by atoms with Gasteiger partial charge in [-0.3, -0.25) is 4.79 Å². The Hall–Kier alpha value is -3.21. The molecule has 0 aliphatic heterocycles. The van der Waals surface area contributed by atoms with Gasteiger partial charge in [0.15, 0.2) is 11.6 Å². The number of carboxylic acids is 1. The van der Waals surface area contributed by atoms with Crippen molar-refractivity contribution >= 4 is 5.97 Å². The zero-order chi connectivity index (χ0) is 24.3. The van der Waals surface area contributed by atoms with Crippen molar-refractivity contribution in [1.82, 2.24) is 0 Å². The number of halogens is 2. The molecule has 0 aromatic heterocycles. The number of carbonyl (C=O) groups is 1. The maximum absolute atomic E-state index is 14.8. The lowest BCUT2D eigenvalue weighted by Gasteiger charge is -2.30. The first-order chi connectivity index (χ1) is 16.3. The van der Waals surface area contributed by atoms with Gasteiger partial charge < -0.3 is 9.84 Å². The summed E-state index contributed by atoms with van der Waals surface area (Å²) in [6.07, 6.45) is 3.25. The molecular weight excluding hydrogens is 434 g/mol. The predicted molar refractivity (Wildman–Crippen MR) is 129 cm³/mol. The van der Waals surface area contributed by atoms with Crippen LogP contribution in [0, 0.1) is 17.0 Å². The van der Waals surface area contributed by atoms with E-state index < -0.39 is 11.8 Å². The summed E-state index contributed by atoms with van der Waals surface area (Å²) in [5.74, 6) is -1.35. The van der Waals surface area contributed by atoms with Crippen LogP contribution in [0.15, 0.2) is 60.7 Å². The van der Waals surface area contributed by atoms with E-state index in [1.165, 1.54) is 6.07 Å². The molecule has 178 valence electrons. The zero-order valence-electron chi connectivity index (χ0n) is 19.6. The van der Waals surface area contributed by atoms with E-state index in [1.54, 1.807) is 24.3 Å². The fourth-order valence-corrected chi connectivity index (χ4v) is 5.08. The molecule has 1 fully saturated rings. The molecule has 1 aliphatic carbocycles. The van der Waals surface area contributed by atoms with Crippen LogP contribution < -0.4 is 4.74 Å². The summed E-state index contributed by atoms with van der Waals surface area (Å²) in [6, 6.07) is 17.6. The molecule has 1 atom stereocenters. The van der Waals surface area contributed by atoms with E-state index in [2.05, 4.69) is 19.9 Å². The fourth-order valence-electron chi connectivity index (χ4n) is 5.08. The molecule has 34 heavy (non-hydrogen) atoms. The quantitative estimate of drug-likeness (QED) is 0.375. The van der Waals surface area contributed by atoms with Gasteiger partial charge in [0.2, 0.25) is 0 Å². The van der Waals surface area contributed by atoms with Gasteiger partial charge in [0.1, 0.15) is 12.4 Å². The maximum atomic E-state index is 14.8. The highest BCUT2D eigenvalue weighted by Crippen LogP contribution is 2.51. The number of benzene rings is 3. The summed E-state index contributed by atoms with van der Waals surface area (Å²) in [5, 5.41) is 8.88. The Morgan fingerprint density at radius 1 is 1.06 bits per heavy atom. The molecule has 1 saturated carbocycles. The molecule has 0 amide bonds. The zero-order valence-corrected chi connectivity index (χ0v) is 19.6. The average Bonchev–Trinajstić information content (AvgIpc) is 3.16. The van der Waals surface area contributed by atoms with Crippen LogP contribution >= 0.6 is 0 Å². The number of carboxylic acid groups (broad SMARTS) is 1. The van der Waals surface area contributed by atoms with Crippen LogP contribution in [0.25, 0.3) is 11.1 Å². The molecule has 0 bridgehead atoms. The van der Waals surface area contributed by atoms with Crippen molar-refractivity contribution in [2.24, 2.45) is 5.41 Å². The van der Waals surface area contributed by atoms with Crippen molar-refractivity contribution in [3.05, 3.63) is 89.0 Å². The minimum absolute atomic E-state index is 0.101. The monoisotopic (exact) mass is 464 g/mol. The first kappa shape index (κ1) is 23.9. The molecule has 1 N–H and O–H groups in total. The molecule has 0 spiro atoms. The second-order valence-electron chi connectivity index (χ2n) is 9.75. The third kappa shape index (κ3) is 5.14. The van der Waals surface area contributed by atoms with Crippen molar-refractivity contribution in [2.75, 3.05) is 0 Å². The first-order valence-corrected chi connectivity index (χ1v) is 11.8. The molecule has 5 heteroatoms. The molecule has 3 aromatic rings. The Balaban J connectivity index is 1.63. The van der Waals surface area contributed by atoms with Gasteiger partial charge in [0.05, 0.1) is 0 Å². The van der Waals surface area contributed by atoms with Crippen molar-refractivity contribution in [1.29, 1.82) is 0 Å². The molecule has 1 aliphatic rings. The predicted octanol–water partition coefficient (Wildman–Crippen LogP) is 7.52. The normalized spacial score (nSPS) is 17.0. The van der Waals surface area contributed by atoms with Gasteiger partial charge in [0, 0.05) is 12.0 Å². The van der Waals surface area contributed by atoms with E-state index in [0.29, 0.717) is 11.1 Å². The summed E-state index contributed by atoms with van der Waals surface area (Å²) < 4.78 is 35.3. The van der Waals surface area contributed by atoms with E-state index >= 15 is 0 Å². The van der Waals surface area contributed by atoms with Gasteiger partial charge >= 0.3 is 5.97 Å². The summed E-state index contributed by atoms with van der Waals surface area (Å²) in [5.41, 5.74) is 3.89. The van der Waals surface area contributed by atoms with Crippen LogP contribution in [0.1, 0.15) is 62.1 Å². The highest BCUT2D eigenvalue weighted by Gasteiger charge is 2.37.